The summed E-state index contributed by atoms with van der Waals surface area (Å²) in [4.78, 5) is 11.9. The largest absolute Gasteiger partial charge is 0.346 e. The van der Waals surface area contributed by atoms with Gasteiger partial charge in [-0.25, -0.2) is 0 Å². The van der Waals surface area contributed by atoms with E-state index in [0.29, 0.717) is 13.0 Å². The maximum Gasteiger partial charge on any atom is 0.221 e. The molecule has 0 spiro atoms. The van der Waals surface area contributed by atoms with Crippen molar-refractivity contribution in [3.05, 3.63) is 11.6 Å². The molecule has 0 saturated carbocycles. The fourth-order valence-corrected chi connectivity index (χ4v) is 2.42. The molecule has 112 valence electrons. The van der Waals surface area contributed by atoms with E-state index in [0.717, 1.165) is 31.0 Å². The van der Waals surface area contributed by atoms with Gasteiger partial charge in [0.2, 0.25) is 5.91 Å². The Hall–Kier alpha value is -1.43. The van der Waals surface area contributed by atoms with Crippen LogP contribution in [0.15, 0.2) is 0 Å². The predicted octanol–water partition coefficient (Wildman–Crippen LogP) is 1.18. The molecule has 1 unspecified atom stereocenters. The standard InChI is InChI=1S/C14H25N5O/c1-10(13-18-17-11-6-5-9-19(11)13)16-12(20)7-8-15-14(2,3)4/h10,15H,5-9H2,1-4H3,(H,16,20). The number of carbonyl (C=O) groups excluding carboxylic acids is 1. The minimum Gasteiger partial charge on any atom is -0.346 e. The number of carbonyl (C=O) groups is 1. The highest BCUT2D eigenvalue weighted by atomic mass is 16.1. The van der Waals surface area contributed by atoms with Crippen LogP contribution in [0.4, 0.5) is 0 Å². The minimum absolute atomic E-state index is 0.0414. The molecule has 20 heavy (non-hydrogen) atoms. The fourth-order valence-electron chi connectivity index (χ4n) is 2.42. The normalized spacial score (nSPS) is 16.0. The number of aromatic nitrogens is 3. The Labute approximate surface area is 120 Å². The molecule has 1 amide bonds. The molecule has 0 saturated heterocycles. The predicted molar refractivity (Wildman–Crippen MR) is 77.3 cm³/mol. The van der Waals surface area contributed by atoms with E-state index in [1.807, 2.05) is 6.92 Å². The van der Waals surface area contributed by atoms with E-state index in [2.05, 4.69) is 46.2 Å². The van der Waals surface area contributed by atoms with Crippen molar-refractivity contribution >= 4 is 5.91 Å². The van der Waals surface area contributed by atoms with Crippen LogP contribution in [-0.4, -0.2) is 32.8 Å². The van der Waals surface area contributed by atoms with Crippen LogP contribution < -0.4 is 10.6 Å². The summed E-state index contributed by atoms with van der Waals surface area (Å²) in [7, 11) is 0. The number of hydrogen-bond acceptors (Lipinski definition) is 4. The maximum absolute atomic E-state index is 11.9. The maximum atomic E-state index is 11.9. The highest BCUT2D eigenvalue weighted by Crippen LogP contribution is 2.18. The Bertz CT molecular complexity index is 474. The summed E-state index contributed by atoms with van der Waals surface area (Å²) in [5.41, 5.74) is 0.0414. The molecule has 0 radical (unpaired) electrons. The molecule has 1 aliphatic rings. The second kappa shape index (κ2) is 5.91. The van der Waals surface area contributed by atoms with Crippen LogP contribution in [0.1, 0.15) is 58.2 Å². The summed E-state index contributed by atoms with van der Waals surface area (Å²) in [6.07, 6.45) is 2.58. The lowest BCUT2D eigenvalue weighted by Gasteiger charge is -2.20. The van der Waals surface area contributed by atoms with Crippen LogP contribution >= 0.6 is 0 Å². The zero-order chi connectivity index (χ0) is 14.8. The average molecular weight is 279 g/mol. The zero-order valence-electron chi connectivity index (χ0n) is 12.9. The molecule has 1 aromatic heterocycles. The van der Waals surface area contributed by atoms with Gasteiger partial charge in [0, 0.05) is 31.5 Å². The lowest BCUT2D eigenvalue weighted by atomic mass is 10.1. The molecule has 6 nitrogen and oxygen atoms in total. The van der Waals surface area contributed by atoms with Crippen molar-refractivity contribution in [2.24, 2.45) is 0 Å². The monoisotopic (exact) mass is 279 g/mol. The van der Waals surface area contributed by atoms with Gasteiger partial charge in [-0.2, -0.15) is 0 Å². The van der Waals surface area contributed by atoms with Crippen molar-refractivity contribution < 1.29 is 4.79 Å². The van der Waals surface area contributed by atoms with Crippen LogP contribution in [0.2, 0.25) is 0 Å². The number of nitrogens with zero attached hydrogens (tertiary/aromatic N) is 3. The molecule has 2 heterocycles. The van der Waals surface area contributed by atoms with Crippen molar-refractivity contribution in [1.82, 2.24) is 25.4 Å². The summed E-state index contributed by atoms with van der Waals surface area (Å²) in [6, 6.07) is -0.0866. The Morgan fingerprint density at radius 2 is 2.15 bits per heavy atom. The second-order valence-corrected chi connectivity index (χ2v) is 6.45. The number of fused-ring (bicyclic) bond motifs is 1. The molecule has 6 heteroatoms. The molecule has 2 rings (SSSR count). The molecule has 0 fully saturated rings. The number of aryl methyl sites for hydroxylation is 1. The van der Waals surface area contributed by atoms with Crippen LogP contribution in [-0.2, 0) is 17.8 Å². The number of rotatable bonds is 5. The van der Waals surface area contributed by atoms with Gasteiger partial charge in [0.15, 0.2) is 5.82 Å². The summed E-state index contributed by atoms with van der Waals surface area (Å²) < 4.78 is 2.12. The van der Waals surface area contributed by atoms with Crippen LogP contribution in [0, 0.1) is 0 Å². The molecular weight excluding hydrogens is 254 g/mol. The van der Waals surface area contributed by atoms with Gasteiger partial charge in [0.05, 0.1) is 6.04 Å². The minimum atomic E-state index is -0.0866. The molecule has 1 atom stereocenters. The van der Waals surface area contributed by atoms with E-state index in [-0.39, 0.29) is 17.5 Å². The molecular formula is C14H25N5O. The van der Waals surface area contributed by atoms with E-state index < -0.39 is 0 Å². The molecule has 0 bridgehead atoms. The third-order valence-corrected chi connectivity index (χ3v) is 3.41. The van der Waals surface area contributed by atoms with Gasteiger partial charge in [0.25, 0.3) is 0 Å². The van der Waals surface area contributed by atoms with E-state index in [4.69, 9.17) is 0 Å². The molecule has 0 aliphatic carbocycles. The van der Waals surface area contributed by atoms with Crippen molar-refractivity contribution in [3.8, 4) is 0 Å². The zero-order valence-corrected chi connectivity index (χ0v) is 12.9. The van der Waals surface area contributed by atoms with Crippen molar-refractivity contribution in [2.75, 3.05) is 6.54 Å². The number of amides is 1. The van der Waals surface area contributed by atoms with E-state index in [1.54, 1.807) is 0 Å². The summed E-state index contributed by atoms with van der Waals surface area (Å²) >= 11 is 0. The first-order valence-electron chi connectivity index (χ1n) is 7.33. The third-order valence-electron chi connectivity index (χ3n) is 3.41. The van der Waals surface area contributed by atoms with E-state index >= 15 is 0 Å². The summed E-state index contributed by atoms with van der Waals surface area (Å²) in [5, 5.41) is 14.7. The SMILES string of the molecule is CC(NC(=O)CCNC(C)(C)C)c1nnc2n1CCC2. The van der Waals surface area contributed by atoms with Gasteiger partial charge in [-0.3, -0.25) is 4.79 Å². The lowest BCUT2D eigenvalue weighted by Crippen LogP contribution is -2.39. The van der Waals surface area contributed by atoms with Crippen molar-refractivity contribution in [2.45, 2.75) is 65.1 Å². The third kappa shape index (κ3) is 3.79. The van der Waals surface area contributed by atoms with Gasteiger partial charge in [-0.15, -0.1) is 10.2 Å². The summed E-state index contributed by atoms with van der Waals surface area (Å²) in [6.45, 7) is 9.88. The quantitative estimate of drug-likeness (QED) is 0.849. The van der Waals surface area contributed by atoms with Gasteiger partial charge in [-0.1, -0.05) is 0 Å². The first-order valence-corrected chi connectivity index (χ1v) is 7.33. The van der Waals surface area contributed by atoms with Gasteiger partial charge < -0.3 is 15.2 Å². The van der Waals surface area contributed by atoms with Gasteiger partial charge in [0.1, 0.15) is 5.82 Å². The first kappa shape index (κ1) is 15.0. The van der Waals surface area contributed by atoms with E-state index in [9.17, 15) is 4.79 Å². The van der Waals surface area contributed by atoms with Gasteiger partial charge >= 0.3 is 0 Å². The second-order valence-electron chi connectivity index (χ2n) is 6.45. The molecule has 0 aromatic carbocycles. The smallest absolute Gasteiger partial charge is 0.221 e. The van der Waals surface area contributed by atoms with Gasteiger partial charge in [-0.05, 0) is 34.1 Å². The van der Waals surface area contributed by atoms with Crippen LogP contribution in [0.3, 0.4) is 0 Å². The topological polar surface area (TPSA) is 71.8 Å². The highest BCUT2D eigenvalue weighted by Gasteiger charge is 2.22. The first-order chi connectivity index (χ1) is 9.37. The number of hydrogen-bond donors (Lipinski definition) is 2. The molecule has 1 aromatic rings. The summed E-state index contributed by atoms with van der Waals surface area (Å²) in [5.74, 6) is 1.95. The average Bonchev–Trinajstić information content (AvgIpc) is 2.87. The Morgan fingerprint density at radius 3 is 2.85 bits per heavy atom. The lowest BCUT2D eigenvalue weighted by molar-refractivity contribution is -0.121. The molecule has 1 aliphatic heterocycles. The van der Waals surface area contributed by atoms with Crippen molar-refractivity contribution in [1.29, 1.82) is 0 Å². The Kier molecular flexibility index (Phi) is 4.42. The van der Waals surface area contributed by atoms with Crippen molar-refractivity contribution in [3.63, 3.8) is 0 Å². The number of nitrogens with one attached hydrogen (secondary N) is 2. The van der Waals surface area contributed by atoms with Crippen LogP contribution in [0.5, 0.6) is 0 Å². The molecule has 2 N–H and O–H groups in total. The van der Waals surface area contributed by atoms with Crippen LogP contribution in [0.25, 0.3) is 0 Å². The highest BCUT2D eigenvalue weighted by molar-refractivity contribution is 5.76. The fraction of sp³-hybridized carbons (Fsp3) is 0.786. The van der Waals surface area contributed by atoms with E-state index in [1.165, 1.54) is 0 Å². The Morgan fingerprint density at radius 1 is 1.40 bits per heavy atom. The Balaban J connectivity index is 1.82.